The van der Waals surface area contributed by atoms with Crippen molar-refractivity contribution in [2.24, 2.45) is 5.92 Å². The lowest BCUT2D eigenvalue weighted by Crippen LogP contribution is -2.33. The minimum absolute atomic E-state index is 0.184. The number of benzene rings is 1. The van der Waals surface area contributed by atoms with Crippen molar-refractivity contribution in [3.8, 4) is 6.07 Å². The second-order valence-electron chi connectivity index (χ2n) is 4.57. The summed E-state index contributed by atoms with van der Waals surface area (Å²) in [5, 5.41) is 8.68. The fourth-order valence-electron chi connectivity index (χ4n) is 1.99. The van der Waals surface area contributed by atoms with Gasteiger partial charge in [-0.1, -0.05) is 0 Å². The van der Waals surface area contributed by atoms with Gasteiger partial charge in [-0.05, 0) is 43.0 Å². The lowest BCUT2D eigenvalue weighted by Gasteiger charge is -2.22. The summed E-state index contributed by atoms with van der Waals surface area (Å²) < 4.78 is 32.0. The molecule has 0 bridgehead atoms. The van der Waals surface area contributed by atoms with E-state index in [0.717, 1.165) is 19.4 Å². The van der Waals surface area contributed by atoms with Gasteiger partial charge in [0.2, 0.25) is 10.0 Å². The van der Waals surface area contributed by atoms with Crippen LogP contribution in [0, 0.1) is 17.2 Å². The van der Waals surface area contributed by atoms with Crippen LogP contribution in [0.1, 0.15) is 18.4 Å². The van der Waals surface area contributed by atoms with Gasteiger partial charge in [0, 0.05) is 13.2 Å². The Kier molecular flexibility index (Phi) is 4.53. The Labute approximate surface area is 113 Å². The summed E-state index contributed by atoms with van der Waals surface area (Å²) in [5.74, 6) is 0.238. The summed E-state index contributed by atoms with van der Waals surface area (Å²) in [4.78, 5) is 0.184. The highest BCUT2D eigenvalue weighted by Crippen LogP contribution is 2.14. The molecular formula is C13H16N2O3S. The summed E-state index contributed by atoms with van der Waals surface area (Å²) in [6.45, 7) is 1.76. The molecule has 0 radical (unpaired) electrons. The van der Waals surface area contributed by atoms with Gasteiger partial charge < -0.3 is 4.74 Å². The summed E-state index contributed by atoms with van der Waals surface area (Å²) in [5.41, 5.74) is 0.444. The number of nitriles is 1. The molecule has 1 unspecified atom stereocenters. The SMILES string of the molecule is N#Cc1ccc(S(=O)(=O)NCC2CCCOC2)cc1. The third kappa shape index (κ3) is 3.77. The van der Waals surface area contributed by atoms with Gasteiger partial charge in [-0.15, -0.1) is 0 Å². The van der Waals surface area contributed by atoms with E-state index in [1.165, 1.54) is 24.3 Å². The molecule has 5 nitrogen and oxygen atoms in total. The predicted molar refractivity (Wildman–Crippen MR) is 69.9 cm³/mol. The first kappa shape index (κ1) is 14.0. The maximum Gasteiger partial charge on any atom is 0.240 e. The molecule has 1 saturated heterocycles. The van der Waals surface area contributed by atoms with Crippen LogP contribution in [0.3, 0.4) is 0 Å². The van der Waals surface area contributed by atoms with Gasteiger partial charge in [0.25, 0.3) is 0 Å². The van der Waals surface area contributed by atoms with Crippen LogP contribution in [0.15, 0.2) is 29.2 Å². The number of ether oxygens (including phenoxy) is 1. The van der Waals surface area contributed by atoms with E-state index in [1.54, 1.807) is 0 Å². The van der Waals surface area contributed by atoms with Gasteiger partial charge in [0.05, 0.1) is 23.1 Å². The number of hydrogen-bond donors (Lipinski definition) is 1. The molecule has 1 aliphatic heterocycles. The van der Waals surface area contributed by atoms with Crippen LogP contribution in [0.25, 0.3) is 0 Å². The molecular weight excluding hydrogens is 264 g/mol. The van der Waals surface area contributed by atoms with Crippen LogP contribution in [0.4, 0.5) is 0 Å². The Balaban J connectivity index is 1.99. The molecule has 0 amide bonds. The molecule has 0 spiro atoms. The molecule has 0 aliphatic carbocycles. The Morgan fingerprint density at radius 1 is 1.37 bits per heavy atom. The molecule has 1 N–H and O–H groups in total. The first-order chi connectivity index (χ1) is 9.12. The topological polar surface area (TPSA) is 79.2 Å². The number of rotatable bonds is 4. The number of nitrogens with zero attached hydrogens (tertiary/aromatic N) is 1. The Morgan fingerprint density at radius 2 is 2.11 bits per heavy atom. The molecule has 6 heteroatoms. The molecule has 1 fully saturated rings. The fraction of sp³-hybridized carbons (Fsp3) is 0.462. The van der Waals surface area contributed by atoms with Gasteiger partial charge in [-0.25, -0.2) is 13.1 Å². The average molecular weight is 280 g/mol. The molecule has 1 atom stereocenters. The van der Waals surface area contributed by atoms with Crippen molar-refractivity contribution < 1.29 is 13.2 Å². The van der Waals surface area contributed by atoms with Crippen molar-refractivity contribution in [1.82, 2.24) is 4.72 Å². The third-order valence-corrected chi connectivity index (χ3v) is 4.55. The monoisotopic (exact) mass is 280 g/mol. The van der Waals surface area contributed by atoms with E-state index in [9.17, 15) is 8.42 Å². The standard InChI is InChI=1S/C13H16N2O3S/c14-8-11-3-5-13(6-4-11)19(16,17)15-9-12-2-1-7-18-10-12/h3-6,12,15H,1-2,7,9-10H2. The maximum absolute atomic E-state index is 12.0. The van der Waals surface area contributed by atoms with Crippen LogP contribution < -0.4 is 4.72 Å². The number of nitrogens with one attached hydrogen (secondary N) is 1. The Bertz CT molecular complexity index is 555. The molecule has 19 heavy (non-hydrogen) atoms. The van der Waals surface area contributed by atoms with E-state index in [1.807, 2.05) is 6.07 Å². The summed E-state index contributed by atoms with van der Waals surface area (Å²) in [6.07, 6.45) is 1.96. The largest absolute Gasteiger partial charge is 0.381 e. The van der Waals surface area contributed by atoms with E-state index in [0.29, 0.717) is 18.7 Å². The zero-order valence-corrected chi connectivity index (χ0v) is 11.3. The molecule has 0 aromatic heterocycles. The second-order valence-corrected chi connectivity index (χ2v) is 6.34. The first-order valence-electron chi connectivity index (χ1n) is 6.19. The molecule has 102 valence electrons. The summed E-state index contributed by atoms with van der Waals surface area (Å²) >= 11 is 0. The summed E-state index contributed by atoms with van der Waals surface area (Å²) in [7, 11) is -3.50. The van der Waals surface area contributed by atoms with E-state index in [-0.39, 0.29) is 10.8 Å². The van der Waals surface area contributed by atoms with E-state index < -0.39 is 10.0 Å². The fourth-order valence-corrected chi connectivity index (χ4v) is 3.10. The minimum atomic E-state index is -3.50. The van der Waals surface area contributed by atoms with Gasteiger partial charge >= 0.3 is 0 Å². The van der Waals surface area contributed by atoms with Crippen molar-refractivity contribution in [3.63, 3.8) is 0 Å². The Hall–Kier alpha value is -1.42. The van der Waals surface area contributed by atoms with Crippen molar-refractivity contribution in [2.75, 3.05) is 19.8 Å². The van der Waals surface area contributed by atoms with E-state index in [2.05, 4.69) is 4.72 Å². The predicted octanol–water partition coefficient (Wildman–Crippen LogP) is 1.26. The lowest BCUT2D eigenvalue weighted by atomic mass is 10.0. The molecule has 1 aliphatic rings. The quantitative estimate of drug-likeness (QED) is 0.900. The van der Waals surface area contributed by atoms with Crippen molar-refractivity contribution in [2.45, 2.75) is 17.7 Å². The van der Waals surface area contributed by atoms with Gasteiger partial charge in [0.1, 0.15) is 0 Å². The second kappa shape index (κ2) is 6.15. The molecule has 1 aromatic carbocycles. The minimum Gasteiger partial charge on any atom is -0.381 e. The van der Waals surface area contributed by atoms with Crippen LogP contribution in [0.2, 0.25) is 0 Å². The van der Waals surface area contributed by atoms with E-state index in [4.69, 9.17) is 10.00 Å². The smallest absolute Gasteiger partial charge is 0.240 e. The van der Waals surface area contributed by atoms with Crippen LogP contribution in [-0.4, -0.2) is 28.2 Å². The van der Waals surface area contributed by atoms with Gasteiger partial charge in [-0.3, -0.25) is 0 Å². The van der Waals surface area contributed by atoms with Crippen molar-refractivity contribution in [1.29, 1.82) is 5.26 Å². The maximum atomic E-state index is 12.0. The van der Waals surface area contributed by atoms with E-state index >= 15 is 0 Å². The Morgan fingerprint density at radius 3 is 2.68 bits per heavy atom. The number of sulfonamides is 1. The van der Waals surface area contributed by atoms with Gasteiger partial charge in [-0.2, -0.15) is 5.26 Å². The van der Waals surface area contributed by atoms with Crippen molar-refractivity contribution >= 4 is 10.0 Å². The zero-order valence-electron chi connectivity index (χ0n) is 10.5. The molecule has 0 saturated carbocycles. The highest BCUT2D eigenvalue weighted by molar-refractivity contribution is 7.89. The van der Waals surface area contributed by atoms with Gasteiger partial charge in [0.15, 0.2) is 0 Å². The van der Waals surface area contributed by atoms with Crippen molar-refractivity contribution in [3.05, 3.63) is 29.8 Å². The molecule has 2 rings (SSSR count). The molecule has 1 heterocycles. The highest BCUT2D eigenvalue weighted by atomic mass is 32.2. The van der Waals surface area contributed by atoms with Crippen LogP contribution >= 0.6 is 0 Å². The van der Waals surface area contributed by atoms with Crippen LogP contribution in [-0.2, 0) is 14.8 Å². The third-order valence-electron chi connectivity index (χ3n) is 3.11. The average Bonchev–Trinajstić information content (AvgIpc) is 2.46. The molecule has 1 aromatic rings. The summed E-state index contributed by atoms with van der Waals surface area (Å²) in [6, 6.07) is 7.84. The highest BCUT2D eigenvalue weighted by Gasteiger charge is 2.19. The zero-order chi connectivity index (χ0) is 13.7. The first-order valence-corrected chi connectivity index (χ1v) is 7.68. The lowest BCUT2D eigenvalue weighted by molar-refractivity contribution is 0.0568. The number of hydrogen-bond acceptors (Lipinski definition) is 4. The normalized spacial score (nSPS) is 19.8. The van der Waals surface area contributed by atoms with Crippen LogP contribution in [0.5, 0.6) is 0 Å².